The fourth-order valence-corrected chi connectivity index (χ4v) is 5.13. The average molecular weight is 470 g/mol. The number of piperidine rings is 1. The number of nitrogens with zero attached hydrogens (tertiary/aromatic N) is 3. The third-order valence-corrected chi connectivity index (χ3v) is 6.92. The quantitative estimate of drug-likeness (QED) is 0.487. The van der Waals surface area contributed by atoms with E-state index >= 15 is 0 Å². The smallest absolute Gasteiger partial charge is 0.310 e. The molecule has 2 heterocycles. The lowest BCUT2D eigenvalue weighted by atomic mass is 9.96. The summed E-state index contributed by atoms with van der Waals surface area (Å²) in [6.07, 6.45) is 2.36. The van der Waals surface area contributed by atoms with Crippen molar-refractivity contribution in [3.63, 3.8) is 0 Å². The third kappa shape index (κ3) is 5.13. The van der Waals surface area contributed by atoms with E-state index in [0.717, 1.165) is 41.6 Å². The second-order valence-electron chi connectivity index (χ2n) is 9.30. The van der Waals surface area contributed by atoms with Crippen LogP contribution in [0.5, 0.6) is 0 Å². The van der Waals surface area contributed by atoms with E-state index in [0.29, 0.717) is 19.6 Å². The summed E-state index contributed by atoms with van der Waals surface area (Å²) >= 11 is 0. The fourth-order valence-electron chi connectivity index (χ4n) is 5.13. The van der Waals surface area contributed by atoms with Crippen LogP contribution in [-0.2, 0) is 14.3 Å². The first-order valence-corrected chi connectivity index (χ1v) is 12.4. The number of ether oxygens (including phenoxy) is 1. The zero-order valence-electron chi connectivity index (χ0n) is 20.1. The van der Waals surface area contributed by atoms with Gasteiger partial charge in [-0.25, -0.2) is 5.01 Å². The van der Waals surface area contributed by atoms with E-state index in [9.17, 15) is 9.59 Å². The maximum atomic E-state index is 13.5. The standard InChI is InChI=1S/C29H31N3O3/c1-2-35-29(34)25-13-8-16-31(19-25)20-28(33)32-27(22-10-4-3-5-11-22)18-26(30-32)24-15-14-21-9-6-7-12-23(21)17-24/h3-7,9-12,14-15,17,25,27H,2,8,13,16,18-20H2,1H3/t25-,27-/m0/s1. The molecule has 1 saturated heterocycles. The molecule has 0 unspecified atom stereocenters. The van der Waals surface area contributed by atoms with E-state index in [2.05, 4.69) is 47.4 Å². The number of likely N-dealkylation sites (tertiary alicyclic amines) is 1. The Bertz CT molecular complexity index is 1240. The monoisotopic (exact) mass is 469 g/mol. The topological polar surface area (TPSA) is 62.2 Å². The number of hydrogen-bond donors (Lipinski definition) is 0. The molecule has 3 aromatic rings. The number of benzene rings is 3. The lowest BCUT2D eigenvalue weighted by Crippen LogP contribution is -2.44. The van der Waals surface area contributed by atoms with Crippen molar-refractivity contribution in [1.82, 2.24) is 9.91 Å². The number of carbonyl (C=O) groups is 2. The largest absolute Gasteiger partial charge is 0.466 e. The van der Waals surface area contributed by atoms with Gasteiger partial charge in [-0.15, -0.1) is 0 Å². The minimum Gasteiger partial charge on any atom is -0.466 e. The minimum absolute atomic E-state index is 0.0425. The van der Waals surface area contributed by atoms with Crippen LogP contribution in [0.1, 0.15) is 43.4 Å². The van der Waals surface area contributed by atoms with Gasteiger partial charge >= 0.3 is 5.97 Å². The molecule has 0 bridgehead atoms. The Labute approximate surface area is 206 Å². The van der Waals surface area contributed by atoms with Crippen molar-refractivity contribution in [3.8, 4) is 0 Å². The summed E-state index contributed by atoms with van der Waals surface area (Å²) in [6.45, 7) is 3.80. The number of hydrogen-bond acceptors (Lipinski definition) is 5. The Morgan fingerprint density at radius 1 is 1.00 bits per heavy atom. The van der Waals surface area contributed by atoms with Crippen molar-refractivity contribution in [3.05, 3.63) is 83.9 Å². The van der Waals surface area contributed by atoms with Gasteiger partial charge in [0.1, 0.15) is 0 Å². The molecule has 0 radical (unpaired) electrons. The van der Waals surface area contributed by atoms with Gasteiger partial charge in [0, 0.05) is 13.0 Å². The summed E-state index contributed by atoms with van der Waals surface area (Å²) in [4.78, 5) is 27.9. The third-order valence-electron chi connectivity index (χ3n) is 6.92. The highest BCUT2D eigenvalue weighted by Gasteiger charge is 2.35. The average Bonchev–Trinajstić information content (AvgIpc) is 3.35. The van der Waals surface area contributed by atoms with Gasteiger partial charge in [0.05, 0.1) is 30.8 Å². The summed E-state index contributed by atoms with van der Waals surface area (Å²) in [7, 11) is 0. The van der Waals surface area contributed by atoms with Crippen LogP contribution >= 0.6 is 0 Å². The van der Waals surface area contributed by atoms with E-state index < -0.39 is 0 Å². The number of amides is 1. The van der Waals surface area contributed by atoms with Crippen molar-refractivity contribution in [2.24, 2.45) is 11.0 Å². The summed E-state index contributed by atoms with van der Waals surface area (Å²) in [5, 5.41) is 8.86. The molecule has 0 N–H and O–H groups in total. The van der Waals surface area contributed by atoms with Gasteiger partial charge in [-0.3, -0.25) is 14.5 Å². The molecule has 3 aromatic carbocycles. The SMILES string of the molecule is CCOC(=O)[C@H]1CCCN(CC(=O)N2N=C(c3ccc4ccccc4c3)C[C@H]2c2ccccc2)C1. The molecule has 6 nitrogen and oxygen atoms in total. The molecule has 0 aromatic heterocycles. The maximum absolute atomic E-state index is 13.5. The molecule has 2 aliphatic heterocycles. The van der Waals surface area contributed by atoms with Gasteiger partial charge in [-0.2, -0.15) is 5.10 Å². The normalized spacial score (nSPS) is 20.6. The predicted octanol–water partition coefficient (Wildman–Crippen LogP) is 4.79. The predicted molar refractivity (Wildman–Crippen MR) is 137 cm³/mol. The minimum atomic E-state index is -0.170. The molecule has 1 amide bonds. The van der Waals surface area contributed by atoms with Gasteiger partial charge in [0.2, 0.25) is 0 Å². The number of rotatable bonds is 6. The zero-order valence-corrected chi connectivity index (χ0v) is 20.1. The lowest BCUT2D eigenvalue weighted by molar-refractivity contribution is -0.150. The zero-order chi connectivity index (χ0) is 24.2. The van der Waals surface area contributed by atoms with Gasteiger partial charge < -0.3 is 4.74 Å². The van der Waals surface area contributed by atoms with Gasteiger partial charge in [-0.05, 0) is 54.3 Å². The van der Waals surface area contributed by atoms with Crippen LogP contribution < -0.4 is 0 Å². The van der Waals surface area contributed by atoms with Crippen molar-refractivity contribution in [2.75, 3.05) is 26.2 Å². The van der Waals surface area contributed by atoms with Crippen molar-refractivity contribution in [1.29, 1.82) is 0 Å². The van der Waals surface area contributed by atoms with Gasteiger partial charge in [0.15, 0.2) is 0 Å². The Kier molecular flexibility index (Phi) is 6.91. The maximum Gasteiger partial charge on any atom is 0.310 e. The van der Waals surface area contributed by atoms with Crippen molar-refractivity contribution in [2.45, 2.75) is 32.2 Å². The summed E-state index contributed by atoms with van der Waals surface area (Å²) in [6, 6.07) is 24.6. The second-order valence-corrected chi connectivity index (χ2v) is 9.30. The second kappa shape index (κ2) is 10.4. The van der Waals surface area contributed by atoms with Crippen LogP contribution in [0.4, 0.5) is 0 Å². The number of fused-ring (bicyclic) bond motifs is 1. The van der Waals surface area contributed by atoms with Crippen LogP contribution in [-0.4, -0.2) is 53.7 Å². The molecule has 1 fully saturated rings. The Hall–Kier alpha value is -3.51. The van der Waals surface area contributed by atoms with Gasteiger partial charge in [-0.1, -0.05) is 66.7 Å². The van der Waals surface area contributed by atoms with E-state index in [1.54, 1.807) is 5.01 Å². The Balaban J connectivity index is 1.38. The molecule has 0 spiro atoms. The van der Waals surface area contributed by atoms with E-state index in [-0.39, 0.29) is 30.4 Å². The molecule has 180 valence electrons. The van der Waals surface area contributed by atoms with Gasteiger partial charge in [0.25, 0.3) is 5.91 Å². The molecule has 6 heteroatoms. The van der Waals surface area contributed by atoms with E-state index in [1.807, 2.05) is 37.3 Å². The highest BCUT2D eigenvalue weighted by Crippen LogP contribution is 2.33. The molecular weight excluding hydrogens is 438 g/mol. The summed E-state index contributed by atoms with van der Waals surface area (Å²) < 4.78 is 5.22. The summed E-state index contributed by atoms with van der Waals surface area (Å²) in [5.41, 5.74) is 3.03. The van der Waals surface area contributed by atoms with Crippen LogP contribution in [0.3, 0.4) is 0 Å². The number of esters is 1. The first kappa shape index (κ1) is 23.2. The highest BCUT2D eigenvalue weighted by molar-refractivity contribution is 6.05. The van der Waals surface area contributed by atoms with Crippen LogP contribution in [0.25, 0.3) is 10.8 Å². The fraction of sp³-hybridized carbons (Fsp3) is 0.345. The molecule has 2 aliphatic rings. The molecule has 2 atom stereocenters. The number of carbonyl (C=O) groups excluding carboxylic acids is 2. The van der Waals surface area contributed by atoms with Crippen LogP contribution in [0.15, 0.2) is 77.9 Å². The van der Waals surface area contributed by atoms with Crippen LogP contribution in [0.2, 0.25) is 0 Å². The van der Waals surface area contributed by atoms with Crippen LogP contribution in [0, 0.1) is 5.92 Å². The lowest BCUT2D eigenvalue weighted by Gasteiger charge is -2.32. The first-order valence-electron chi connectivity index (χ1n) is 12.4. The molecular formula is C29H31N3O3. The highest BCUT2D eigenvalue weighted by atomic mass is 16.5. The molecule has 5 rings (SSSR count). The number of hydrazone groups is 1. The first-order chi connectivity index (χ1) is 17.1. The Morgan fingerprint density at radius 2 is 1.77 bits per heavy atom. The molecule has 0 saturated carbocycles. The molecule has 35 heavy (non-hydrogen) atoms. The molecule has 0 aliphatic carbocycles. The van der Waals surface area contributed by atoms with E-state index in [4.69, 9.17) is 9.84 Å². The van der Waals surface area contributed by atoms with E-state index in [1.165, 1.54) is 5.39 Å². The summed E-state index contributed by atoms with van der Waals surface area (Å²) in [5.74, 6) is -0.375. The Morgan fingerprint density at radius 3 is 2.57 bits per heavy atom. The van der Waals surface area contributed by atoms with Crippen molar-refractivity contribution < 1.29 is 14.3 Å². The van der Waals surface area contributed by atoms with Crippen molar-refractivity contribution >= 4 is 28.4 Å².